The zero-order chi connectivity index (χ0) is 11.6. The van der Waals surface area contributed by atoms with Gasteiger partial charge in [0.05, 0.1) is 6.10 Å². The molecule has 0 spiro atoms. The molecule has 1 aliphatic rings. The van der Waals surface area contributed by atoms with Crippen molar-refractivity contribution in [3.8, 4) is 0 Å². The smallest absolute Gasteiger partial charge is 0.0576 e. The Morgan fingerprint density at radius 1 is 1.53 bits per heavy atom. The lowest BCUT2D eigenvalue weighted by Crippen LogP contribution is -2.47. The van der Waals surface area contributed by atoms with Crippen molar-refractivity contribution in [2.75, 3.05) is 0 Å². The fourth-order valence-electron chi connectivity index (χ4n) is 2.88. The lowest BCUT2D eigenvalue weighted by Gasteiger charge is -2.45. The van der Waals surface area contributed by atoms with Gasteiger partial charge in [-0.2, -0.15) is 0 Å². The van der Waals surface area contributed by atoms with Crippen LogP contribution in [0, 0.1) is 24.2 Å². The Balaban J connectivity index is 2.64. The van der Waals surface area contributed by atoms with Gasteiger partial charge in [0.2, 0.25) is 0 Å². The van der Waals surface area contributed by atoms with Crippen LogP contribution in [0.3, 0.4) is 0 Å². The van der Waals surface area contributed by atoms with Crippen molar-refractivity contribution in [2.24, 2.45) is 23.0 Å². The third kappa shape index (κ3) is 2.73. The van der Waals surface area contributed by atoms with E-state index >= 15 is 0 Å². The topological polar surface area (TPSA) is 46.2 Å². The molecule has 0 heterocycles. The SMILES string of the molecule is [CH2]CC(N)[C@]1(C)CC[C@@H](C(C)C)[C@H](O)C1. The molecule has 1 fully saturated rings. The summed E-state index contributed by atoms with van der Waals surface area (Å²) in [5, 5.41) is 10.1. The molecule has 4 atom stereocenters. The van der Waals surface area contributed by atoms with Crippen molar-refractivity contribution in [1.82, 2.24) is 0 Å². The van der Waals surface area contributed by atoms with Gasteiger partial charge >= 0.3 is 0 Å². The van der Waals surface area contributed by atoms with Crippen LogP contribution < -0.4 is 5.73 Å². The highest BCUT2D eigenvalue weighted by Crippen LogP contribution is 2.43. The van der Waals surface area contributed by atoms with Crippen LogP contribution in [0.2, 0.25) is 0 Å². The second-order valence-electron chi connectivity index (χ2n) is 5.77. The van der Waals surface area contributed by atoms with Crippen LogP contribution in [-0.4, -0.2) is 17.3 Å². The Morgan fingerprint density at radius 3 is 2.53 bits per heavy atom. The maximum absolute atomic E-state index is 10.1. The van der Waals surface area contributed by atoms with Gasteiger partial charge in [-0.3, -0.25) is 0 Å². The van der Waals surface area contributed by atoms with Gasteiger partial charge in [-0.05, 0) is 42.9 Å². The van der Waals surface area contributed by atoms with Crippen LogP contribution in [0.1, 0.15) is 46.5 Å². The third-order valence-corrected chi connectivity index (χ3v) is 4.28. The fraction of sp³-hybridized carbons (Fsp3) is 0.923. The first-order chi connectivity index (χ1) is 6.90. The van der Waals surface area contributed by atoms with Gasteiger partial charge in [-0.1, -0.05) is 27.7 Å². The highest BCUT2D eigenvalue weighted by molar-refractivity contribution is 4.94. The van der Waals surface area contributed by atoms with Crippen LogP contribution in [0.5, 0.6) is 0 Å². The van der Waals surface area contributed by atoms with Crippen LogP contribution in [0.4, 0.5) is 0 Å². The molecule has 1 radical (unpaired) electrons. The first kappa shape index (κ1) is 13.0. The summed E-state index contributed by atoms with van der Waals surface area (Å²) >= 11 is 0. The van der Waals surface area contributed by atoms with Crippen LogP contribution in [0.25, 0.3) is 0 Å². The molecular weight excluding hydrogens is 186 g/mol. The molecule has 0 aliphatic heterocycles. The van der Waals surface area contributed by atoms with Gasteiger partial charge in [0.25, 0.3) is 0 Å². The third-order valence-electron chi connectivity index (χ3n) is 4.28. The average molecular weight is 212 g/mol. The number of nitrogens with two attached hydrogens (primary N) is 1. The molecular formula is C13H26NO. The molecule has 1 aliphatic carbocycles. The van der Waals surface area contributed by atoms with Crippen molar-refractivity contribution >= 4 is 0 Å². The molecule has 2 nitrogen and oxygen atoms in total. The summed E-state index contributed by atoms with van der Waals surface area (Å²) in [6.45, 7) is 10.5. The molecule has 0 aromatic rings. The monoisotopic (exact) mass is 212 g/mol. The summed E-state index contributed by atoms with van der Waals surface area (Å²) in [6.07, 6.45) is 3.65. The van der Waals surface area contributed by atoms with E-state index < -0.39 is 0 Å². The minimum atomic E-state index is -0.179. The van der Waals surface area contributed by atoms with Crippen molar-refractivity contribution in [1.29, 1.82) is 0 Å². The zero-order valence-corrected chi connectivity index (χ0v) is 10.4. The highest BCUT2D eigenvalue weighted by Gasteiger charge is 2.40. The van der Waals surface area contributed by atoms with E-state index in [0.29, 0.717) is 11.8 Å². The van der Waals surface area contributed by atoms with E-state index in [4.69, 9.17) is 5.73 Å². The van der Waals surface area contributed by atoms with Crippen LogP contribution in [-0.2, 0) is 0 Å². The first-order valence-corrected chi connectivity index (χ1v) is 6.13. The molecule has 0 aromatic carbocycles. The van der Waals surface area contributed by atoms with E-state index in [1.54, 1.807) is 0 Å². The second-order valence-corrected chi connectivity index (χ2v) is 5.77. The number of rotatable bonds is 3. The quantitative estimate of drug-likeness (QED) is 0.754. The zero-order valence-electron chi connectivity index (χ0n) is 10.4. The van der Waals surface area contributed by atoms with Gasteiger partial charge in [0.1, 0.15) is 0 Å². The summed E-state index contributed by atoms with van der Waals surface area (Å²) < 4.78 is 0. The minimum Gasteiger partial charge on any atom is -0.393 e. The van der Waals surface area contributed by atoms with Crippen molar-refractivity contribution in [3.63, 3.8) is 0 Å². The van der Waals surface area contributed by atoms with Gasteiger partial charge in [0, 0.05) is 6.04 Å². The Labute approximate surface area is 94.2 Å². The average Bonchev–Trinajstić information content (AvgIpc) is 2.15. The molecule has 2 heteroatoms. The Bertz CT molecular complexity index is 205. The second kappa shape index (κ2) is 4.84. The number of hydrogen-bond acceptors (Lipinski definition) is 2. The molecule has 0 amide bonds. The predicted molar refractivity (Wildman–Crippen MR) is 64.2 cm³/mol. The Kier molecular flexibility index (Phi) is 4.19. The largest absolute Gasteiger partial charge is 0.393 e. The number of aliphatic hydroxyl groups excluding tert-OH is 1. The maximum atomic E-state index is 10.1. The van der Waals surface area contributed by atoms with Gasteiger partial charge in [0.15, 0.2) is 0 Å². The van der Waals surface area contributed by atoms with Crippen LogP contribution >= 0.6 is 0 Å². The normalized spacial score (nSPS) is 39.4. The molecule has 89 valence electrons. The summed E-state index contributed by atoms with van der Waals surface area (Å²) in [7, 11) is 0. The summed E-state index contributed by atoms with van der Waals surface area (Å²) in [5.74, 6) is 1.02. The van der Waals surface area contributed by atoms with Crippen LogP contribution in [0.15, 0.2) is 0 Å². The maximum Gasteiger partial charge on any atom is 0.0576 e. The molecule has 1 unspecified atom stereocenters. The molecule has 1 rings (SSSR count). The van der Waals surface area contributed by atoms with Crippen molar-refractivity contribution < 1.29 is 5.11 Å². The molecule has 15 heavy (non-hydrogen) atoms. The summed E-state index contributed by atoms with van der Waals surface area (Å²) in [6, 6.07) is 0.125. The molecule has 0 bridgehead atoms. The summed E-state index contributed by atoms with van der Waals surface area (Å²) in [5.41, 5.74) is 6.18. The highest BCUT2D eigenvalue weighted by atomic mass is 16.3. The van der Waals surface area contributed by atoms with Crippen molar-refractivity contribution in [2.45, 2.75) is 58.6 Å². The van der Waals surface area contributed by atoms with Gasteiger partial charge in [-0.25, -0.2) is 0 Å². The minimum absolute atomic E-state index is 0.0898. The predicted octanol–water partition coefficient (Wildman–Crippen LogP) is 2.36. The van der Waals surface area contributed by atoms with E-state index in [-0.39, 0.29) is 17.6 Å². The standard InChI is InChI=1S/C13H26NO/c1-5-12(14)13(4)7-6-10(9(2)3)11(15)8-13/h9-12,15H,1,5-8,14H2,2-4H3/t10-,11+,12?,13+/m0/s1. The molecule has 0 saturated heterocycles. The van der Waals surface area contributed by atoms with E-state index in [9.17, 15) is 5.11 Å². The first-order valence-electron chi connectivity index (χ1n) is 6.13. The lowest BCUT2D eigenvalue weighted by atomic mass is 9.64. The molecule has 1 saturated carbocycles. The van der Waals surface area contributed by atoms with E-state index in [1.807, 2.05) is 0 Å². The lowest BCUT2D eigenvalue weighted by molar-refractivity contribution is -0.0194. The number of hydrogen-bond donors (Lipinski definition) is 2. The summed E-state index contributed by atoms with van der Waals surface area (Å²) in [4.78, 5) is 0. The molecule has 3 N–H and O–H groups in total. The Hall–Kier alpha value is -0.0800. The van der Waals surface area contributed by atoms with E-state index in [2.05, 4.69) is 27.7 Å². The Morgan fingerprint density at radius 2 is 2.13 bits per heavy atom. The molecule has 0 aromatic heterocycles. The van der Waals surface area contributed by atoms with E-state index in [1.165, 1.54) is 0 Å². The van der Waals surface area contributed by atoms with Gasteiger partial charge in [-0.15, -0.1) is 0 Å². The fourth-order valence-corrected chi connectivity index (χ4v) is 2.88. The van der Waals surface area contributed by atoms with Crippen molar-refractivity contribution in [3.05, 3.63) is 6.92 Å². The van der Waals surface area contributed by atoms with Gasteiger partial charge < -0.3 is 10.8 Å². The van der Waals surface area contributed by atoms with E-state index in [0.717, 1.165) is 25.7 Å². The number of aliphatic hydroxyl groups is 1.